The zero-order valence-corrected chi connectivity index (χ0v) is 19.8. The van der Waals surface area contributed by atoms with Crippen LogP contribution in [0.2, 0.25) is 0 Å². The minimum atomic E-state index is -3.61. The van der Waals surface area contributed by atoms with Crippen LogP contribution in [0, 0.1) is 6.92 Å². The van der Waals surface area contributed by atoms with Crippen LogP contribution in [0.3, 0.4) is 0 Å². The van der Waals surface area contributed by atoms with Gasteiger partial charge in [-0.25, -0.2) is 13.4 Å². The van der Waals surface area contributed by atoms with Crippen molar-refractivity contribution in [1.82, 2.24) is 14.2 Å². The Bertz CT molecular complexity index is 1020. The standard InChI is InChI=1S/C22H30N4O3S2/c1-17-7-8-19(31(28,29)26-12-4-3-6-18(26)2)16-20(17)21(27)24-10-5-11-25(14-13-24)22-23-9-15-30-22/h7-9,15-16,18H,3-6,10-14H2,1-2H3. The molecule has 7 nitrogen and oxygen atoms in total. The average molecular weight is 463 g/mol. The molecule has 4 rings (SSSR count). The lowest BCUT2D eigenvalue weighted by molar-refractivity contribution is 0.0766. The lowest BCUT2D eigenvalue weighted by Gasteiger charge is -2.32. The highest BCUT2D eigenvalue weighted by atomic mass is 32.2. The number of sulfonamides is 1. The summed E-state index contributed by atoms with van der Waals surface area (Å²) in [7, 11) is -3.61. The van der Waals surface area contributed by atoms with Crippen molar-refractivity contribution in [2.45, 2.75) is 50.5 Å². The van der Waals surface area contributed by atoms with E-state index in [9.17, 15) is 13.2 Å². The number of piperidine rings is 1. The number of hydrogen-bond donors (Lipinski definition) is 0. The number of nitrogens with zero attached hydrogens (tertiary/aromatic N) is 4. The van der Waals surface area contributed by atoms with Gasteiger partial charge in [0.15, 0.2) is 5.13 Å². The van der Waals surface area contributed by atoms with Gasteiger partial charge in [0, 0.05) is 55.9 Å². The van der Waals surface area contributed by atoms with Crippen LogP contribution in [-0.4, -0.2) is 67.3 Å². The summed E-state index contributed by atoms with van der Waals surface area (Å²) in [6, 6.07) is 4.96. The van der Waals surface area contributed by atoms with Gasteiger partial charge in [-0.3, -0.25) is 4.79 Å². The van der Waals surface area contributed by atoms with Crippen molar-refractivity contribution in [2.24, 2.45) is 0 Å². The largest absolute Gasteiger partial charge is 0.346 e. The van der Waals surface area contributed by atoms with E-state index < -0.39 is 10.0 Å². The molecule has 0 aliphatic carbocycles. The third-order valence-corrected chi connectivity index (χ3v) is 9.10. The number of amides is 1. The molecule has 1 atom stereocenters. The summed E-state index contributed by atoms with van der Waals surface area (Å²) in [5.74, 6) is -0.0952. The van der Waals surface area contributed by atoms with E-state index in [4.69, 9.17) is 0 Å². The third-order valence-electron chi connectivity index (χ3n) is 6.26. The SMILES string of the molecule is Cc1ccc(S(=O)(=O)N2CCCCC2C)cc1C(=O)N1CCCN(c2nccs2)CC1. The zero-order chi connectivity index (χ0) is 22.0. The molecule has 0 bridgehead atoms. The Kier molecular flexibility index (Phi) is 6.64. The summed E-state index contributed by atoms with van der Waals surface area (Å²) in [6.45, 7) is 7.20. The van der Waals surface area contributed by atoms with Gasteiger partial charge in [-0.05, 0) is 50.8 Å². The number of benzene rings is 1. The number of aromatic nitrogens is 1. The fourth-order valence-electron chi connectivity index (χ4n) is 4.41. The molecular formula is C22H30N4O3S2. The van der Waals surface area contributed by atoms with Crippen molar-refractivity contribution < 1.29 is 13.2 Å². The van der Waals surface area contributed by atoms with E-state index in [1.807, 2.05) is 24.1 Å². The molecule has 31 heavy (non-hydrogen) atoms. The van der Waals surface area contributed by atoms with E-state index in [-0.39, 0.29) is 16.8 Å². The van der Waals surface area contributed by atoms with Gasteiger partial charge in [-0.1, -0.05) is 12.5 Å². The first-order valence-electron chi connectivity index (χ1n) is 10.9. The Hall–Kier alpha value is -1.97. The molecule has 0 radical (unpaired) electrons. The topological polar surface area (TPSA) is 73.8 Å². The summed E-state index contributed by atoms with van der Waals surface area (Å²) in [4.78, 5) is 22.0. The fourth-order valence-corrected chi connectivity index (χ4v) is 6.83. The van der Waals surface area contributed by atoms with Crippen molar-refractivity contribution >= 4 is 32.4 Å². The smallest absolute Gasteiger partial charge is 0.254 e. The van der Waals surface area contributed by atoms with Crippen LogP contribution in [0.4, 0.5) is 5.13 Å². The second-order valence-corrected chi connectivity index (χ2v) is 11.1. The van der Waals surface area contributed by atoms with Crippen molar-refractivity contribution in [3.63, 3.8) is 0 Å². The molecule has 2 fully saturated rings. The van der Waals surface area contributed by atoms with E-state index in [2.05, 4.69) is 9.88 Å². The van der Waals surface area contributed by atoms with Crippen LogP contribution in [0.1, 0.15) is 48.5 Å². The molecular weight excluding hydrogens is 432 g/mol. The quantitative estimate of drug-likeness (QED) is 0.697. The van der Waals surface area contributed by atoms with Gasteiger partial charge >= 0.3 is 0 Å². The summed E-state index contributed by atoms with van der Waals surface area (Å²) < 4.78 is 28.1. The molecule has 2 aromatic rings. The van der Waals surface area contributed by atoms with E-state index in [1.54, 1.807) is 40.0 Å². The molecule has 0 N–H and O–H groups in total. The monoisotopic (exact) mass is 462 g/mol. The molecule has 3 heterocycles. The number of hydrogen-bond acceptors (Lipinski definition) is 6. The fraction of sp³-hybridized carbons (Fsp3) is 0.545. The number of aryl methyl sites for hydroxylation is 1. The molecule has 9 heteroatoms. The maximum atomic E-state index is 13.4. The Balaban J connectivity index is 1.54. The molecule has 1 amide bonds. The van der Waals surface area contributed by atoms with Crippen molar-refractivity contribution in [3.8, 4) is 0 Å². The minimum absolute atomic E-state index is 0.0124. The van der Waals surface area contributed by atoms with Gasteiger partial charge in [-0.2, -0.15) is 4.31 Å². The first-order valence-corrected chi connectivity index (χ1v) is 13.3. The number of thiazole rings is 1. The predicted molar refractivity (Wildman–Crippen MR) is 123 cm³/mol. The van der Waals surface area contributed by atoms with Crippen molar-refractivity contribution in [2.75, 3.05) is 37.6 Å². The van der Waals surface area contributed by atoms with Gasteiger partial charge in [0.05, 0.1) is 4.90 Å². The lowest BCUT2D eigenvalue weighted by Crippen LogP contribution is -2.42. The van der Waals surface area contributed by atoms with Gasteiger partial charge in [0.2, 0.25) is 10.0 Å². The van der Waals surface area contributed by atoms with Crippen LogP contribution in [-0.2, 0) is 10.0 Å². The number of carbonyl (C=O) groups is 1. The van der Waals surface area contributed by atoms with E-state index >= 15 is 0 Å². The molecule has 2 saturated heterocycles. The Morgan fingerprint density at radius 1 is 1.10 bits per heavy atom. The van der Waals surface area contributed by atoms with E-state index in [1.165, 1.54) is 0 Å². The molecule has 1 aromatic heterocycles. The average Bonchev–Trinajstić information content (AvgIpc) is 3.18. The zero-order valence-electron chi connectivity index (χ0n) is 18.2. The molecule has 0 saturated carbocycles. The first-order chi connectivity index (χ1) is 14.9. The summed E-state index contributed by atoms with van der Waals surface area (Å²) in [6.07, 6.45) is 5.46. The normalized spacial score (nSPS) is 21.2. The van der Waals surface area contributed by atoms with E-state index in [0.717, 1.165) is 49.5 Å². The first kappa shape index (κ1) is 22.2. The summed E-state index contributed by atoms with van der Waals surface area (Å²) in [5.41, 5.74) is 1.28. The van der Waals surface area contributed by atoms with Crippen LogP contribution in [0.15, 0.2) is 34.7 Å². The third kappa shape index (κ3) is 4.63. The van der Waals surface area contributed by atoms with Crippen LogP contribution >= 0.6 is 11.3 Å². The predicted octanol–water partition coefficient (Wildman–Crippen LogP) is 3.37. The number of carbonyl (C=O) groups excluding carboxylic acids is 1. The second kappa shape index (κ2) is 9.26. The maximum Gasteiger partial charge on any atom is 0.254 e. The second-order valence-electron chi connectivity index (χ2n) is 8.38. The molecule has 2 aliphatic rings. The highest BCUT2D eigenvalue weighted by Crippen LogP contribution is 2.27. The molecule has 168 valence electrons. The van der Waals surface area contributed by atoms with Crippen LogP contribution in [0.5, 0.6) is 0 Å². The van der Waals surface area contributed by atoms with Crippen molar-refractivity contribution in [1.29, 1.82) is 0 Å². The van der Waals surface area contributed by atoms with Crippen molar-refractivity contribution in [3.05, 3.63) is 40.9 Å². The molecule has 1 aromatic carbocycles. The summed E-state index contributed by atoms with van der Waals surface area (Å²) in [5, 5.41) is 2.94. The van der Waals surface area contributed by atoms with E-state index in [0.29, 0.717) is 25.2 Å². The molecule has 2 aliphatic heterocycles. The van der Waals surface area contributed by atoms with Gasteiger partial charge in [0.1, 0.15) is 0 Å². The van der Waals surface area contributed by atoms with Gasteiger partial charge < -0.3 is 9.80 Å². The van der Waals surface area contributed by atoms with Gasteiger partial charge in [0.25, 0.3) is 5.91 Å². The Labute approximate surface area is 188 Å². The Morgan fingerprint density at radius 3 is 2.68 bits per heavy atom. The Morgan fingerprint density at radius 2 is 1.94 bits per heavy atom. The minimum Gasteiger partial charge on any atom is -0.346 e. The summed E-state index contributed by atoms with van der Waals surface area (Å²) >= 11 is 1.61. The number of rotatable bonds is 4. The molecule has 0 spiro atoms. The molecule has 1 unspecified atom stereocenters. The highest BCUT2D eigenvalue weighted by molar-refractivity contribution is 7.89. The van der Waals surface area contributed by atoms with Crippen LogP contribution < -0.4 is 4.90 Å². The highest BCUT2D eigenvalue weighted by Gasteiger charge is 2.32. The van der Waals surface area contributed by atoms with Crippen LogP contribution in [0.25, 0.3) is 0 Å². The van der Waals surface area contributed by atoms with Gasteiger partial charge in [-0.15, -0.1) is 11.3 Å². The maximum absolute atomic E-state index is 13.4. The number of anilines is 1. The lowest BCUT2D eigenvalue weighted by atomic mass is 10.1.